The van der Waals surface area contributed by atoms with Gasteiger partial charge in [0, 0.05) is 39.3 Å². The number of hydrogen-bond donors (Lipinski definition) is 12. The molecule has 0 saturated carbocycles. The summed E-state index contributed by atoms with van der Waals surface area (Å²) >= 11 is 0. The molecule has 0 aromatic heterocycles. The van der Waals surface area contributed by atoms with Crippen molar-refractivity contribution in [1.29, 1.82) is 0 Å². The molecule has 12 N–H and O–H groups in total. The highest BCUT2D eigenvalue weighted by Gasteiger charge is 2.20. The summed E-state index contributed by atoms with van der Waals surface area (Å²) in [7, 11) is 0. The van der Waals surface area contributed by atoms with Crippen LogP contribution in [0.1, 0.15) is 31.1 Å². The summed E-state index contributed by atoms with van der Waals surface area (Å²) in [6, 6.07) is 6.40. The van der Waals surface area contributed by atoms with Crippen LogP contribution in [0.2, 0.25) is 0 Å². The van der Waals surface area contributed by atoms with Crippen LogP contribution in [0.4, 0.5) is 0 Å². The summed E-state index contributed by atoms with van der Waals surface area (Å²) in [5.74, 6) is -9.16. The van der Waals surface area contributed by atoms with Gasteiger partial charge in [-0.1, -0.05) is 0 Å². The Balaban J connectivity index is 1.62. The molecule has 0 aliphatic carbocycles. The maximum Gasteiger partial charge on any atom is 0.255 e. The van der Waals surface area contributed by atoms with Crippen LogP contribution in [0.15, 0.2) is 36.4 Å². The second kappa shape index (κ2) is 13.7. The molecular formula is C27H30N4O12. The lowest BCUT2D eigenvalue weighted by Crippen LogP contribution is -2.43. The molecule has 0 saturated heterocycles. The smallest absolute Gasteiger partial charge is 0.255 e. The molecule has 0 unspecified atom stereocenters. The number of carbonyl (C=O) groups is 3. The average molecular weight is 603 g/mol. The van der Waals surface area contributed by atoms with Gasteiger partial charge in [0.25, 0.3) is 17.7 Å². The fraction of sp³-hybridized carbons (Fsp3) is 0.222. The van der Waals surface area contributed by atoms with Gasteiger partial charge in [-0.3, -0.25) is 19.3 Å². The van der Waals surface area contributed by atoms with E-state index in [0.29, 0.717) is 0 Å². The van der Waals surface area contributed by atoms with E-state index >= 15 is 0 Å². The third-order valence-corrected chi connectivity index (χ3v) is 6.26. The molecule has 3 aromatic rings. The lowest BCUT2D eigenvalue weighted by atomic mass is 10.1. The summed E-state index contributed by atoms with van der Waals surface area (Å²) in [6.07, 6.45) is 0. The van der Waals surface area contributed by atoms with Crippen LogP contribution in [-0.2, 0) is 0 Å². The lowest BCUT2D eigenvalue weighted by molar-refractivity contribution is 0.0944. The molecule has 3 aromatic carbocycles. The molecule has 0 radical (unpaired) electrons. The number of carbonyl (C=O) groups excluding carboxylic acids is 3. The minimum absolute atomic E-state index is 0.0128. The van der Waals surface area contributed by atoms with Crippen molar-refractivity contribution in [3.63, 3.8) is 0 Å². The predicted molar refractivity (Wildman–Crippen MR) is 148 cm³/mol. The predicted octanol–water partition coefficient (Wildman–Crippen LogP) is -0.0712. The Labute approximate surface area is 243 Å². The van der Waals surface area contributed by atoms with Crippen LogP contribution in [0.25, 0.3) is 0 Å². The molecule has 3 rings (SSSR count). The molecule has 230 valence electrons. The molecule has 0 heterocycles. The molecule has 0 aliphatic heterocycles. The van der Waals surface area contributed by atoms with E-state index in [1.165, 1.54) is 0 Å². The van der Waals surface area contributed by atoms with Crippen LogP contribution in [0.5, 0.6) is 51.7 Å². The van der Waals surface area contributed by atoms with Crippen molar-refractivity contribution in [1.82, 2.24) is 20.9 Å². The Morgan fingerprint density at radius 2 is 0.698 bits per heavy atom. The zero-order valence-corrected chi connectivity index (χ0v) is 22.4. The van der Waals surface area contributed by atoms with E-state index in [1.54, 1.807) is 4.90 Å². The van der Waals surface area contributed by atoms with E-state index in [0.717, 1.165) is 36.4 Å². The van der Waals surface area contributed by atoms with Gasteiger partial charge in [-0.2, -0.15) is 0 Å². The minimum atomic E-state index is -0.860. The van der Waals surface area contributed by atoms with E-state index in [2.05, 4.69) is 16.0 Å². The highest BCUT2D eigenvalue weighted by atomic mass is 16.3. The van der Waals surface area contributed by atoms with Crippen LogP contribution in [0.3, 0.4) is 0 Å². The fourth-order valence-corrected chi connectivity index (χ4v) is 3.86. The first kappa shape index (κ1) is 31.8. The highest BCUT2D eigenvalue weighted by molar-refractivity contribution is 5.99. The number of aromatic hydroxyl groups is 9. The second-order valence-corrected chi connectivity index (χ2v) is 9.10. The van der Waals surface area contributed by atoms with Gasteiger partial charge < -0.3 is 61.9 Å². The largest absolute Gasteiger partial charge is 0.504 e. The van der Waals surface area contributed by atoms with Crippen LogP contribution in [0, 0.1) is 0 Å². The zero-order valence-electron chi connectivity index (χ0n) is 22.4. The van der Waals surface area contributed by atoms with Crippen molar-refractivity contribution in [3.8, 4) is 51.7 Å². The SMILES string of the molecule is O=C(NCCN(CCNC(=O)c1ccc(O)c(O)c1O)CCNC(=O)c1ccc(O)c(O)c1O)c1ccc(O)c(O)c1O. The van der Waals surface area contributed by atoms with Gasteiger partial charge in [0.15, 0.2) is 34.5 Å². The molecular weight excluding hydrogens is 572 g/mol. The van der Waals surface area contributed by atoms with E-state index in [-0.39, 0.29) is 56.0 Å². The van der Waals surface area contributed by atoms with Gasteiger partial charge >= 0.3 is 0 Å². The molecule has 0 fully saturated rings. The van der Waals surface area contributed by atoms with Crippen LogP contribution < -0.4 is 16.0 Å². The number of nitrogens with zero attached hydrogens (tertiary/aromatic N) is 1. The number of phenolic OH excluding ortho intramolecular Hbond substituents is 9. The Morgan fingerprint density at radius 3 is 0.953 bits per heavy atom. The summed E-state index contributed by atoms with van der Waals surface area (Å²) < 4.78 is 0. The topological polar surface area (TPSA) is 273 Å². The summed E-state index contributed by atoms with van der Waals surface area (Å²) in [5, 5.41) is 94.6. The van der Waals surface area contributed by atoms with Crippen molar-refractivity contribution < 1.29 is 60.3 Å². The molecule has 0 spiro atoms. The van der Waals surface area contributed by atoms with Crippen molar-refractivity contribution in [3.05, 3.63) is 53.1 Å². The number of nitrogens with one attached hydrogen (secondary N) is 3. The van der Waals surface area contributed by atoms with Gasteiger partial charge in [0.1, 0.15) is 0 Å². The molecule has 0 aliphatic rings. The lowest BCUT2D eigenvalue weighted by Gasteiger charge is -2.23. The minimum Gasteiger partial charge on any atom is -0.504 e. The molecule has 43 heavy (non-hydrogen) atoms. The third-order valence-electron chi connectivity index (χ3n) is 6.26. The van der Waals surface area contributed by atoms with E-state index in [1.807, 2.05) is 0 Å². The van der Waals surface area contributed by atoms with Crippen LogP contribution in [-0.4, -0.2) is 108 Å². The third kappa shape index (κ3) is 7.50. The van der Waals surface area contributed by atoms with Crippen molar-refractivity contribution in [2.75, 3.05) is 39.3 Å². The highest BCUT2D eigenvalue weighted by Crippen LogP contribution is 2.38. The summed E-state index contributed by atoms with van der Waals surface area (Å²) in [6.45, 7) is 0.375. The number of rotatable bonds is 12. The average Bonchev–Trinajstić information content (AvgIpc) is 2.97. The van der Waals surface area contributed by atoms with Gasteiger partial charge in [0.2, 0.25) is 17.2 Å². The first-order valence-electron chi connectivity index (χ1n) is 12.6. The maximum atomic E-state index is 12.5. The van der Waals surface area contributed by atoms with Crippen molar-refractivity contribution in [2.24, 2.45) is 0 Å². The Hall–Kier alpha value is -5.77. The Bertz CT molecular complexity index is 1350. The quantitative estimate of drug-likeness (QED) is 0.121. The van der Waals surface area contributed by atoms with E-state index < -0.39 is 69.5 Å². The molecule has 3 amide bonds. The Morgan fingerprint density at radius 1 is 0.442 bits per heavy atom. The van der Waals surface area contributed by atoms with Gasteiger partial charge in [-0.05, 0) is 36.4 Å². The normalized spacial score (nSPS) is 10.8. The molecule has 16 nitrogen and oxygen atoms in total. The standard InChI is InChI=1S/C27H30N4O12/c32-16-4-1-13(19(35)22(16)38)25(41)28-7-10-31(11-8-29-26(42)14-2-5-17(33)23(39)20(14)36)12-9-30-27(43)15-3-6-18(34)24(40)21(15)37/h1-6,32-40H,7-12H2,(H,28,41)(H,29,42)(H,30,43). The van der Waals surface area contributed by atoms with E-state index in [4.69, 9.17) is 0 Å². The monoisotopic (exact) mass is 602 g/mol. The van der Waals surface area contributed by atoms with Crippen molar-refractivity contribution >= 4 is 17.7 Å². The molecule has 0 bridgehead atoms. The van der Waals surface area contributed by atoms with Crippen LogP contribution >= 0.6 is 0 Å². The first-order chi connectivity index (χ1) is 20.3. The Kier molecular flexibility index (Phi) is 10.1. The van der Waals surface area contributed by atoms with Gasteiger partial charge in [-0.15, -0.1) is 0 Å². The number of hydrogen-bond acceptors (Lipinski definition) is 13. The van der Waals surface area contributed by atoms with Gasteiger partial charge in [0.05, 0.1) is 16.7 Å². The summed E-state index contributed by atoms with van der Waals surface area (Å²) in [4.78, 5) is 39.1. The number of phenols is 9. The zero-order chi connectivity index (χ0) is 31.8. The fourth-order valence-electron chi connectivity index (χ4n) is 3.86. The molecule has 0 atom stereocenters. The summed E-state index contributed by atoms with van der Waals surface area (Å²) in [5.41, 5.74) is -0.888. The maximum absolute atomic E-state index is 12.5. The first-order valence-corrected chi connectivity index (χ1v) is 12.6. The second-order valence-electron chi connectivity index (χ2n) is 9.10. The number of amides is 3. The molecule has 16 heteroatoms. The van der Waals surface area contributed by atoms with Gasteiger partial charge in [-0.25, -0.2) is 0 Å². The number of benzene rings is 3. The van der Waals surface area contributed by atoms with E-state index in [9.17, 15) is 60.3 Å². The van der Waals surface area contributed by atoms with Crippen molar-refractivity contribution in [2.45, 2.75) is 0 Å².